The van der Waals surface area contributed by atoms with Crippen LogP contribution in [0.4, 0.5) is 0 Å². The molecule has 140 valence electrons. The van der Waals surface area contributed by atoms with Gasteiger partial charge < -0.3 is 10.6 Å². The number of aromatic nitrogens is 1. The van der Waals surface area contributed by atoms with E-state index in [2.05, 4.69) is 15.6 Å². The third-order valence-electron chi connectivity index (χ3n) is 3.96. The minimum atomic E-state index is -0.333. The first-order chi connectivity index (χ1) is 13.0. The molecule has 0 spiro atoms. The van der Waals surface area contributed by atoms with E-state index in [0.29, 0.717) is 6.54 Å². The molecule has 0 aliphatic rings. The van der Waals surface area contributed by atoms with Gasteiger partial charge in [0, 0.05) is 17.2 Å². The van der Waals surface area contributed by atoms with Crippen LogP contribution < -0.4 is 10.6 Å². The molecule has 7 heteroatoms. The number of carbonyl (C=O) groups excluding carboxylic acids is 2. The van der Waals surface area contributed by atoms with Crippen molar-refractivity contribution in [2.24, 2.45) is 0 Å². The number of rotatable bonds is 7. The number of benzene rings is 1. The zero-order valence-corrected chi connectivity index (χ0v) is 16.8. The molecule has 0 aliphatic heterocycles. The second kappa shape index (κ2) is 8.92. The molecule has 5 nitrogen and oxygen atoms in total. The first kappa shape index (κ1) is 19.3. The molecule has 0 radical (unpaired) electrons. The number of aryl methyl sites for hydroxylation is 1. The zero-order chi connectivity index (χ0) is 19.2. The second-order valence-electron chi connectivity index (χ2n) is 6.16. The molecule has 3 rings (SSSR count). The topological polar surface area (TPSA) is 71.1 Å². The smallest absolute Gasteiger partial charge is 0.222 e. The summed E-state index contributed by atoms with van der Waals surface area (Å²) in [6.07, 6.45) is 0.201. The van der Waals surface area contributed by atoms with Gasteiger partial charge in [-0.1, -0.05) is 30.3 Å². The average molecular weight is 400 g/mol. The summed E-state index contributed by atoms with van der Waals surface area (Å²) < 4.78 is 0. The number of hydrogen-bond donors (Lipinski definition) is 2. The van der Waals surface area contributed by atoms with Gasteiger partial charge in [-0.15, -0.1) is 22.7 Å². The minimum Gasteiger partial charge on any atom is -0.351 e. The number of nitrogens with one attached hydrogen (secondary N) is 2. The van der Waals surface area contributed by atoms with E-state index < -0.39 is 0 Å². The third-order valence-corrected chi connectivity index (χ3v) is 5.84. The molecule has 0 saturated carbocycles. The summed E-state index contributed by atoms with van der Waals surface area (Å²) in [7, 11) is 0. The van der Waals surface area contributed by atoms with Crippen molar-refractivity contribution in [2.45, 2.75) is 32.9 Å². The van der Waals surface area contributed by atoms with Crippen LogP contribution in [0.1, 0.15) is 34.8 Å². The molecular weight excluding hydrogens is 378 g/mol. The lowest BCUT2D eigenvalue weighted by atomic mass is 10.0. The molecule has 0 fully saturated rings. The third kappa shape index (κ3) is 5.48. The fourth-order valence-electron chi connectivity index (χ4n) is 2.71. The van der Waals surface area contributed by atoms with Crippen molar-refractivity contribution >= 4 is 34.5 Å². The van der Waals surface area contributed by atoms with Crippen molar-refractivity contribution in [1.29, 1.82) is 0 Å². The van der Waals surface area contributed by atoms with Gasteiger partial charge in [0.25, 0.3) is 0 Å². The molecule has 0 unspecified atom stereocenters. The van der Waals surface area contributed by atoms with Gasteiger partial charge in [-0.3, -0.25) is 9.59 Å². The van der Waals surface area contributed by atoms with Crippen molar-refractivity contribution in [1.82, 2.24) is 15.6 Å². The van der Waals surface area contributed by atoms with Crippen LogP contribution in [0.2, 0.25) is 0 Å². The molecule has 27 heavy (non-hydrogen) atoms. The standard InChI is InChI=1S/C20H21N3O2S2/c1-13(24)22-17(15-6-4-3-5-7-15)10-20(25)21-11-16-8-9-19(27-16)18-12-26-14(2)23-18/h3-9,12,17H,10-11H2,1-2H3,(H,21,25)(H,22,24)/t17-/m0/s1. The Labute approximate surface area is 166 Å². The van der Waals surface area contributed by atoms with E-state index in [1.54, 1.807) is 22.7 Å². The Morgan fingerprint density at radius 2 is 1.93 bits per heavy atom. The van der Waals surface area contributed by atoms with E-state index in [9.17, 15) is 9.59 Å². The summed E-state index contributed by atoms with van der Waals surface area (Å²) in [5.41, 5.74) is 1.90. The quantitative estimate of drug-likeness (QED) is 0.629. The van der Waals surface area contributed by atoms with Crippen molar-refractivity contribution in [3.63, 3.8) is 0 Å². The largest absolute Gasteiger partial charge is 0.351 e. The maximum absolute atomic E-state index is 12.4. The van der Waals surface area contributed by atoms with Gasteiger partial charge in [0.2, 0.25) is 11.8 Å². The van der Waals surface area contributed by atoms with Crippen LogP contribution in [0.15, 0.2) is 47.8 Å². The number of carbonyl (C=O) groups is 2. The maximum atomic E-state index is 12.4. The lowest BCUT2D eigenvalue weighted by Crippen LogP contribution is -2.32. The van der Waals surface area contributed by atoms with Crippen molar-refractivity contribution in [3.05, 3.63) is 63.3 Å². The first-order valence-electron chi connectivity index (χ1n) is 8.61. The number of nitrogens with zero attached hydrogens (tertiary/aromatic N) is 1. The lowest BCUT2D eigenvalue weighted by molar-refractivity contribution is -0.122. The van der Waals surface area contributed by atoms with E-state index in [-0.39, 0.29) is 24.3 Å². The van der Waals surface area contributed by atoms with Crippen LogP contribution in [-0.2, 0) is 16.1 Å². The Kier molecular flexibility index (Phi) is 6.36. The van der Waals surface area contributed by atoms with Crippen LogP contribution in [-0.4, -0.2) is 16.8 Å². The highest BCUT2D eigenvalue weighted by Gasteiger charge is 2.17. The highest BCUT2D eigenvalue weighted by atomic mass is 32.1. The molecule has 0 saturated heterocycles. The van der Waals surface area contributed by atoms with Gasteiger partial charge in [0.15, 0.2) is 0 Å². The van der Waals surface area contributed by atoms with Crippen LogP contribution in [0.3, 0.4) is 0 Å². The van der Waals surface area contributed by atoms with Gasteiger partial charge in [0.05, 0.1) is 34.6 Å². The fraction of sp³-hybridized carbons (Fsp3) is 0.250. The number of amides is 2. The Balaban J connectivity index is 1.58. The van der Waals surface area contributed by atoms with Crippen LogP contribution in [0.5, 0.6) is 0 Å². The SMILES string of the molecule is CC(=O)N[C@@H](CC(=O)NCc1ccc(-c2csc(C)n2)s1)c1ccccc1. The summed E-state index contributed by atoms with van der Waals surface area (Å²) in [6, 6.07) is 13.2. The van der Waals surface area contributed by atoms with E-state index in [1.165, 1.54) is 6.92 Å². The molecule has 0 bridgehead atoms. The van der Waals surface area contributed by atoms with E-state index in [1.807, 2.05) is 54.8 Å². The van der Waals surface area contributed by atoms with Crippen molar-refractivity contribution < 1.29 is 9.59 Å². The highest BCUT2D eigenvalue weighted by Crippen LogP contribution is 2.29. The van der Waals surface area contributed by atoms with E-state index >= 15 is 0 Å². The second-order valence-corrected chi connectivity index (χ2v) is 8.39. The molecule has 2 heterocycles. The molecule has 3 aromatic rings. The average Bonchev–Trinajstić information content (AvgIpc) is 3.28. The predicted octanol–water partition coefficient (Wildman–Crippen LogP) is 4.06. The summed E-state index contributed by atoms with van der Waals surface area (Å²) in [5.74, 6) is -0.254. The molecule has 2 aromatic heterocycles. The normalized spacial score (nSPS) is 11.8. The summed E-state index contributed by atoms with van der Waals surface area (Å²) in [4.78, 5) is 30.5. The van der Waals surface area contributed by atoms with Crippen LogP contribution in [0, 0.1) is 6.92 Å². The molecule has 1 atom stereocenters. The van der Waals surface area contributed by atoms with E-state index in [0.717, 1.165) is 26.0 Å². The molecule has 2 N–H and O–H groups in total. The van der Waals surface area contributed by atoms with Crippen LogP contribution >= 0.6 is 22.7 Å². The van der Waals surface area contributed by atoms with Crippen molar-refractivity contribution in [2.75, 3.05) is 0 Å². The summed E-state index contributed by atoms with van der Waals surface area (Å²) >= 11 is 3.25. The maximum Gasteiger partial charge on any atom is 0.222 e. The minimum absolute atomic E-state index is 0.0999. The first-order valence-corrected chi connectivity index (χ1v) is 10.3. The predicted molar refractivity (Wildman–Crippen MR) is 110 cm³/mol. The zero-order valence-electron chi connectivity index (χ0n) is 15.2. The lowest BCUT2D eigenvalue weighted by Gasteiger charge is -2.18. The monoisotopic (exact) mass is 399 g/mol. The molecular formula is C20H21N3O2S2. The highest BCUT2D eigenvalue weighted by molar-refractivity contribution is 7.16. The number of thiazole rings is 1. The Bertz CT molecular complexity index is 918. The van der Waals surface area contributed by atoms with Gasteiger partial charge in [-0.2, -0.15) is 0 Å². The van der Waals surface area contributed by atoms with Gasteiger partial charge in [-0.25, -0.2) is 4.98 Å². The Morgan fingerprint density at radius 1 is 1.15 bits per heavy atom. The number of thiophene rings is 1. The number of hydrogen-bond acceptors (Lipinski definition) is 5. The van der Waals surface area contributed by atoms with Crippen LogP contribution in [0.25, 0.3) is 10.6 Å². The molecule has 0 aliphatic carbocycles. The van der Waals surface area contributed by atoms with Crippen molar-refractivity contribution in [3.8, 4) is 10.6 Å². The van der Waals surface area contributed by atoms with Gasteiger partial charge in [0.1, 0.15) is 0 Å². The van der Waals surface area contributed by atoms with Gasteiger partial charge >= 0.3 is 0 Å². The Hall–Kier alpha value is -2.51. The fourth-order valence-corrected chi connectivity index (χ4v) is 4.31. The summed E-state index contributed by atoms with van der Waals surface area (Å²) in [6.45, 7) is 3.91. The van der Waals surface area contributed by atoms with Gasteiger partial charge in [-0.05, 0) is 24.6 Å². The molecule has 1 aromatic carbocycles. The Morgan fingerprint density at radius 3 is 2.59 bits per heavy atom. The molecule has 2 amide bonds. The summed E-state index contributed by atoms with van der Waals surface area (Å²) in [5, 5.41) is 8.88. The van der Waals surface area contributed by atoms with E-state index in [4.69, 9.17) is 0 Å².